The van der Waals surface area contributed by atoms with Gasteiger partial charge in [0.2, 0.25) is 0 Å². The van der Waals surface area contributed by atoms with E-state index in [4.69, 9.17) is 16.7 Å². The number of nitrogens with zero attached hydrogens (tertiary/aromatic N) is 3. The molecule has 0 unspecified atom stereocenters. The van der Waals surface area contributed by atoms with Gasteiger partial charge in [-0.2, -0.15) is 18.3 Å². The predicted octanol–water partition coefficient (Wildman–Crippen LogP) is 5.15. The number of hydrogen-bond acceptors (Lipinski definition) is 4. The molecule has 0 aliphatic carbocycles. The van der Waals surface area contributed by atoms with Gasteiger partial charge in [0, 0.05) is 24.7 Å². The molecule has 7 nitrogen and oxygen atoms in total. The van der Waals surface area contributed by atoms with Crippen LogP contribution in [0.15, 0.2) is 48.5 Å². The average molecular weight is 507 g/mol. The molecule has 35 heavy (non-hydrogen) atoms. The number of amides is 1. The Kier molecular flexibility index (Phi) is 6.75. The van der Waals surface area contributed by atoms with Gasteiger partial charge in [-0.3, -0.25) is 4.79 Å². The maximum absolute atomic E-state index is 13.9. The highest BCUT2D eigenvalue weighted by atomic mass is 35.5. The van der Waals surface area contributed by atoms with E-state index in [2.05, 4.69) is 10.4 Å². The highest BCUT2D eigenvalue weighted by Crippen LogP contribution is 2.38. The Morgan fingerprint density at radius 1 is 1.14 bits per heavy atom. The molecular weight excluding hydrogens is 485 g/mol. The van der Waals surface area contributed by atoms with Gasteiger partial charge in [0.1, 0.15) is 11.4 Å². The van der Waals surface area contributed by atoms with E-state index in [-0.39, 0.29) is 24.5 Å². The van der Waals surface area contributed by atoms with Gasteiger partial charge < -0.3 is 15.3 Å². The van der Waals surface area contributed by atoms with Crippen molar-refractivity contribution in [1.29, 1.82) is 0 Å². The smallest absolute Gasteiger partial charge is 0.436 e. The normalized spacial score (nSPS) is 14.4. The first-order valence-electron chi connectivity index (χ1n) is 10.9. The quantitative estimate of drug-likeness (QED) is 0.482. The van der Waals surface area contributed by atoms with Crippen molar-refractivity contribution >= 4 is 29.3 Å². The highest BCUT2D eigenvalue weighted by Gasteiger charge is 2.43. The van der Waals surface area contributed by atoms with Crippen molar-refractivity contribution < 1.29 is 27.9 Å². The molecule has 1 aliphatic heterocycles. The molecule has 0 spiro atoms. The molecule has 0 fully saturated rings. The number of benzene rings is 2. The van der Waals surface area contributed by atoms with Crippen molar-refractivity contribution in [3.63, 3.8) is 0 Å². The molecule has 4 rings (SSSR count). The number of carboxylic acids is 1. The lowest BCUT2D eigenvalue weighted by atomic mass is 10.0. The van der Waals surface area contributed by atoms with Crippen LogP contribution in [0.1, 0.15) is 56.9 Å². The molecule has 0 bridgehead atoms. The predicted molar refractivity (Wildman–Crippen MR) is 124 cm³/mol. The molecule has 2 aromatic carbocycles. The second-order valence-corrected chi connectivity index (χ2v) is 8.66. The van der Waals surface area contributed by atoms with E-state index in [0.29, 0.717) is 23.6 Å². The van der Waals surface area contributed by atoms with Crippen LogP contribution in [-0.4, -0.2) is 33.3 Å². The van der Waals surface area contributed by atoms with Crippen LogP contribution in [-0.2, 0) is 19.3 Å². The summed E-state index contributed by atoms with van der Waals surface area (Å²) in [5.41, 5.74) is -0.461. The minimum absolute atomic E-state index is 0.0625. The van der Waals surface area contributed by atoms with Crippen LogP contribution in [0.2, 0.25) is 5.02 Å². The largest absolute Gasteiger partial charge is 0.478 e. The number of carbonyl (C=O) groups is 2. The number of rotatable bonds is 6. The first-order chi connectivity index (χ1) is 16.6. The molecule has 1 amide bonds. The monoisotopic (exact) mass is 506 g/mol. The number of fused-ring (bicyclic) bond motifs is 1. The number of aromatic nitrogens is 2. The molecule has 184 valence electrons. The molecule has 3 aromatic rings. The Labute approximate surface area is 204 Å². The van der Waals surface area contributed by atoms with Crippen molar-refractivity contribution in [2.75, 3.05) is 11.4 Å². The molecule has 0 radical (unpaired) electrons. The molecule has 1 aromatic heterocycles. The lowest BCUT2D eigenvalue weighted by Gasteiger charge is -2.31. The van der Waals surface area contributed by atoms with E-state index in [9.17, 15) is 22.8 Å². The topological polar surface area (TPSA) is 87.5 Å². The first kappa shape index (κ1) is 24.6. The lowest BCUT2D eigenvalue weighted by molar-refractivity contribution is -0.141. The minimum atomic E-state index is -4.83. The number of aromatic carboxylic acids is 1. The van der Waals surface area contributed by atoms with Gasteiger partial charge in [-0.05, 0) is 42.7 Å². The van der Waals surface area contributed by atoms with Crippen LogP contribution in [0.3, 0.4) is 0 Å². The fourth-order valence-electron chi connectivity index (χ4n) is 4.11. The van der Waals surface area contributed by atoms with Crippen molar-refractivity contribution in [2.24, 2.45) is 0 Å². The average Bonchev–Trinajstić information content (AvgIpc) is 3.22. The molecule has 1 aliphatic rings. The third-order valence-corrected chi connectivity index (χ3v) is 6.21. The molecule has 0 saturated heterocycles. The molecule has 2 N–H and O–H groups in total. The summed E-state index contributed by atoms with van der Waals surface area (Å²) in [5.74, 6) is -1.93. The Bertz CT molecular complexity index is 1260. The molecule has 11 heteroatoms. The van der Waals surface area contributed by atoms with Crippen molar-refractivity contribution in [3.8, 4) is 0 Å². The summed E-state index contributed by atoms with van der Waals surface area (Å²) in [5, 5.41) is 15.9. The van der Waals surface area contributed by atoms with Crippen LogP contribution in [0.5, 0.6) is 0 Å². The van der Waals surface area contributed by atoms with Gasteiger partial charge in [-0.1, -0.05) is 41.9 Å². The van der Waals surface area contributed by atoms with E-state index >= 15 is 0 Å². The van der Waals surface area contributed by atoms with Gasteiger partial charge >= 0.3 is 12.1 Å². The van der Waals surface area contributed by atoms with Crippen molar-refractivity contribution in [3.05, 3.63) is 81.5 Å². The number of aryl methyl sites for hydroxylation is 1. The summed E-state index contributed by atoms with van der Waals surface area (Å²) in [6, 6.07) is 12.1. The van der Waals surface area contributed by atoms with E-state index in [1.54, 1.807) is 36.1 Å². The van der Waals surface area contributed by atoms with E-state index < -0.39 is 35.4 Å². The number of anilines is 1. The zero-order chi connectivity index (χ0) is 25.3. The first-order valence-corrected chi connectivity index (χ1v) is 11.2. The Balaban J connectivity index is 1.69. The second-order valence-electron chi connectivity index (χ2n) is 8.26. The molecule has 2 heterocycles. The summed E-state index contributed by atoms with van der Waals surface area (Å²) < 4.78 is 43.1. The van der Waals surface area contributed by atoms with Crippen molar-refractivity contribution in [2.45, 2.75) is 38.7 Å². The Hall–Kier alpha value is -3.53. The third kappa shape index (κ3) is 5.12. The van der Waals surface area contributed by atoms with E-state index in [1.807, 2.05) is 0 Å². The SMILES string of the molecule is C[C@H](NC(=O)c1c(C(F)(F)F)nn2c1N(Cc1ccccc1Cl)CCC2)c1ccc(C(=O)O)cc1. The number of carboxylic acid groups (broad SMARTS) is 1. The summed E-state index contributed by atoms with van der Waals surface area (Å²) in [7, 11) is 0. The van der Waals surface area contributed by atoms with Crippen LogP contribution >= 0.6 is 11.6 Å². The fraction of sp³-hybridized carbons (Fsp3) is 0.292. The van der Waals surface area contributed by atoms with Crippen molar-refractivity contribution in [1.82, 2.24) is 15.1 Å². The molecular formula is C24H22ClF3N4O3. The van der Waals surface area contributed by atoms with Crippen LogP contribution in [0, 0.1) is 0 Å². The van der Waals surface area contributed by atoms with Crippen LogP contribution < -0.4 is 10.2 Å². The van der Waals surface area contributed by atoms with Crippen LogP contribution in [0.4, 0.5) is 19.0 Å². The maximum Gasteiger partial charge on any atom is 0.436 e. The summed E-state index contributed by atoms with van der Waals surface area (Å²) in [4.78, 5) is 26.0. The summed E-state index contributed by atoms with van der Waals surface area (Å²) in [6.07, 6.45) is -4.27. The van der Waals surface area contributed by atoms with Crippen LogP contribution in [0.25, 0.3) is 0 Å². The zero-order valence-corrected chi connectivity index (χ0v) is 19.4. The van der Waals surface area contributed by atoms with Gasteiger partial charge in [0.25, 0.3) is 5.91 Å². The Morgan fingerprint density at radius 3 is 2.46 bits per heavy atom. The van der Waals surface area contributed by atoms with E-state index in [0.717, 1.165) is 5.56 Å². The number of carbonyl (C=O) groups excluding carboxylic acids is 1. The second kappa shape index (κ2) is 9.61. The van der Waals surface area contributed by atoms with Gasteiger partial charge in [0.05, 0.1) is 11.6 Å². The number of hydrogen-bond donors (Lipinski definition) is 2. The zero-order valence-electron chi connectivity index (χ0n) is 18.6. The molecule has 1 atom stereocenters. The fourth-order valence-corrected chi connectivity index (χ4v) is 4.30. The standard InChI is InChI=1S/C24H22ClF3N4O3/c1-14(15-7-9-16(10-8-15)23(34)35)29-21(33)19-20(24(26,27)28)30-32-12-4-11-31(22(19)32)13-17-5-2-3-6-18(17)25/h2-3,5-10,14H,4,11-13H2,1H3,(H,29,33)(H,34,35)/t14-/m0/s1. The number of nitrogens with one attached hydrogen (secondary N) is 1. The Morgan fingerprint density at radius 2 is 1.83 bits per heavy atom. The summed E-state index contributed by atoms with van der Waals surface area (Å²) >= 11 is 6.27. The number of alkyl halides is 3. The van der Waals surface area contributed by atoms with Gasteiger partial charge in [0.15, 0.2) is 5.69 Å². The minimum Gasteiger partial charge on any atom is -0.478 e. The third-order valence-electron chi connectivity index (χ3n) is 5.84. The van der Waals surface area contributed by atoms with Gasteiger partial charge in [-0.15, -0.1) is 0 Å². The lowest BCUT2D eigenvalue weighted by Crippen LogP contribution is -2.35. The number of halogens is 4. The summed E-state index contributed by atoms with van der Waals surface area (Å²) in [6.45, 7) is 2.51. The van der Waals surface area contributed by atoms with Gasteiger partial charge in [-0.25, -0.2) is 9.48 Å². The van der Waals surface area contributed by atoms with E-state index in [1.165, 1.54) is 28.9 Å². The highest BCUT2D eigenvalue weighted by molar-refractivity contribution is 6.31. The molecule has 0 saturated carbocycles. The maximum atomic E-state index is 13.9.